The first-order chi connectivity index (χ1) is 13.5. The molecule has 0 bridgehead atoms. The monoisotopic (exact) mass is 394 g/mol. The van der Waals surface area contributed by atoms with Crippen molar-refractivity contribution in [1.29, 1.82) is 0 Å². The Hall–Kier alpha value is -2.98. The van der Waals surface area contributed by atoms with Crippen LogP contribution < -0.4 is 14.9 Å². The predicted octanol–water partition coefficient (Wildman–Crippen LogP) is 5.99. The molecule has 0 radical (unpaired) electrons. The molecule has 0 saturated carbocycles. The van der Waals surface area contributed by atoms with Crippen molar-refractivity contribution in [3.63, 3.8) is 0 Å². The molecule has 0 aliphatic carbocycles. The van der Waals surface area contributed by atoms with Gasteiger partial charge in [0.15, 0.2) is 11.5 Å². The van der Waals surface area contributed by atoms with Gasteiger partial charge in [-0.05, 0) is 78.6 Å². The topological polar surface area (TPSA) is 42.8 Å². The predicted molar refractivity (Wildman–Crippen MR) is 116 cm³/mol. The van der Waals surface area contributed by atoms with E-state index in [0.29, 0.717) is 23.1 Å². The highest BCUT2D eigenvalue weighted by Gasteiger charge is 2.06. The van der Waals surface area contributed by atoms with Crippen LogP contribution in [0.5, 0.6) is 11.5 Å². The number of benzene rings is 3. The van der Waals surface area contributed by atoms with Crippen molar-refractivity contribution in [3.05, 3.63) is 87.9 Å². The summed E-state index contributed by atoms with van der Waals surface area (Å²) >= 11 is 5.93. The maximum atomic E-state index is 5.94. The van der Waals surface area contributed by atoms with Crippen molar-refractivity contribution in [2.45, 2.75) is 20.5 Å². The summed E-state index contributed by atoms with van der Waals surface area (Å²) < 4.78 is 11.3. The third kappa shape index (κ3) is 5.27. The van der Waals surface area contributed by atoms with Gasteiger partial charge in [0.1, 0.15) is 6.61 Å². The van der Waals surface area contributed by atoms with Crippen molar-refractivity contribution in [1.82, 2.24) is 0 Å². The van der Waals surface area contributed by atoms with E-state index in [9.17, 15) is 0 Å². The van der Waals surface area contributed by atoms with Gasteiger partial charge in [0.25, 0.3) is 0 Å². The van der Waals surface area contributed by atoms with Crippen molar-refractivity contribution in [2.24, 2.45) is 5.10 Å². The molecule has 0 aliphatic rings. The van der Waals surface area contributed by atoms with Crippen LogP contribution in [0.15, 0.2) is 65.8 Å². The van der Waals surface area contributed by atoms with E-state index < -0.39 is 0 Å². The summed E-state index contributed by atoms with van der Waals surface area (Å²) in [4.78, 5) is 0. The normalized spacial score (nSPS) is 10.9. The van der Waals surface area contributed by atoms with E-state index in [-0.39, 0.29) is 0 Å². The molecular weight excluding hydrogens is 372 g/mol. The number of rotatable bonds is 7. The fourth-order valence-electron chi connectivity index (χ4n) is 2.62. The summed E-state index contributed by atoms with van der Waals surface area (Å²) in [6.45, 7) is 4.60. The molecular formula is C23H23ClN2O2. The Morgan fingerprint density at radius 3 is 2.43 bits per heavy atom. The molecule has 3 rings (SSSR count). The van der Waals surface area contributed by atoms with E-state index >= 15 is 0 Å². The highest BCUT2D eigenvalue weighted by molar-refractivity contribution is 6.30. The smallest absolute Gasteiger partial charge is 0.162 e. The van der Waals surface area contributed by atoms with Crippen molar-refractivity contribution < 1.29 is 9.47 Å². The van der Waals surface area contributed by atoms with Crippen LogP contribution in [0.1, 0.15) is 22.3 Å². The third-order valence-electron chi connectivity index (χ3n) is 4.41. The molecule has 0 fully saturated rings. The van der Waals surface area contributed by atoms with Gasteiger partial charge in [-0.15, -0.1) is 0 Å². The quantitative estimate of drug-likeness (QED) is 0.395. The highest BCUT2D eigenvalue weighted by atomic mass is 35.5. The van der Waals surface area contributed by atoms with Crippen molar-refractivity contribution in [3.8, 4) is 11.5 Å². The van der Waals surface area contributed by atoms with Crippen LogP contribution in [0.3, 0.4) is 0 Å². The maximum absolute atomic E-state index is 5.94. The maximum Gasteiger partial charge on any atom is 0.162 e. The van der Waals surface area contributed by atoms with E-state index in [1.54, 1.807) is 13.3 Å². The fraction of sp³-hybridized carbons (Fsp3) is 0.174. The fourth-order valence-corrected chi connectivity index (χ4v) is 2.75. The number of ether oxygens (including phenoxy) is 2. The van der Waals surface area contributed by atoms with Gasteiger partial charge >= 0.3 is 0 Å². The summed E-state index contributed by atoms with van der Waals surface area (Å²) in [5.74, 6) is 1.33. The summed E-state index contributed by atoms with van der Waals surface area (Å²) in [6.07, 6.45) is 1.75. The number of anilines is 1. The minimum Gasteiger partial charge on any atom is -0.493 e. The standard InChI is InChI=1S/C23H23ClN2O2/c1-16-4-10-21(12-17(16)2)26-25-14-19-7-11-22(27-3)23(13-19)28-15-18-5-8-20(24)9-6-18/h4-14,26H,15H2,1-3H3. The number of aryl methyl sites for hydroxylation is 2. The summed E-state index contributed by atoms with van der Waals surface area (Å²) in [6, 6.07) is 19.4. The second-order valence-corrected chi connectivity index (χ2v) is 6.93. The van der Waals surface area contributed by atoms with E-state index in [1.165, 1.54) is 11.1 Å². The number of methoxy groups -OCH3 is 1. The second kappa shape index (κ2) is 9.29. The molecule has 1 N–H and O–H groups in total. The van der Waals surface area contributed by atoms with Crippen LogP contribution in [0.25, 0.3) is 0 Å². The van der Waals surface area contributed by atoms with Crippen LogP contribution >= 0.6 is 11.6 Å². The molecule has 28 heavy (non-hydrogen) atoms. The molecule has 0 aromatic heterocycles. The second-order valence-electron chi connectivity index (χ2n) is 6.49. The van der Waals surface area contributed by atoms with Gasteiger partial charge in [0.2, 0.25) is 0 Å². The molecule has 0 heterocycles. The zero-order chi connectivity index (χ0) is 19.9. The minimum absolute atomic E-state index is 0.426. The van der Waals surface area contributed by atoms with Gasteiger partial charge in [-0.3, -0.25) is 5.43 Å². The molecule has 5 heteroatoms. The lowest BCUT2D eigenvalue weighted by Crippen LogP contribution is -1.99. The molecule has 0 atom stereocenters. The van der Waals surface area contributed by atoms with Gasteiger partial charge in [0.05, 0.1) is 19.0 Å². The Balaban J connectivity index is 1.68. The van der Waals surface area contributed by atoms with Crippen LogP contribution in [0, 0.1) is 13.8 Å². The average molecular weight is 395 g/mol. The molecule has 3 aromatic carbocycles. The van der Waals surface area contributed by atoms with Crippen molar-refractivity contribution >= 4 is 23.5 Å². The van der Waals surface area contributed by atoms with Crippen LogP contribution in [-0.2, 0) is 6.61 Å². The Labute approximate surface area is 170 Å². The summed E-state index contributed by atoms with van der Waals surface area (Å²) in [5, 5.41) is 5.03. The molecule has 0 aliphatic heterocycles. The number of hydrogen-bond donors (Lipinski definition) is 1. The minimum atomic E-state index is 0.426. The first kappa shape index (κ1) is 19.8. The molecule has 0 spiro atoms. The van der Waals surface area contributed by atoms with Gasteiger partial charge in [-0.1, -0.05) is 29.8 Å². The third-order valence-corrected chi connectivity index (χ3v) is 4.66. The largest absolute Gasteiger partial charge is 0.493 e. The lowest BCUT2D eigenvalue weighted by molar-refractivity contribution is 0.284. The van der Waals surface area contributed by atoms with Crippen molar-refractivity contribution in [2.75, 3.05) is 12.5 Å². The molecule has 0 saturated heterocycles. The first-order valence-corrected chi connectivity index (χ1v) is 9.34. The number of halogens is 1. The van der Waals surface area contributed by atoms with E-state index in [0.717, 1.165) is 16.8 Å². The van der Waals surface area contributed by atoms with E-state index in [4.69, 9.17) is 21.1 Å². The number of hydrogen-bond acceptors (Lipinski definition) is 4. The highest BCUT2D eigenvalue weighted by Crippen LogP contribution is 2.28. The molecule has 0 amide bonds. The Bertz CT molecular complexity index is 969. The Morgan fingerprint density at radius 2 is 1.71 bits per heavy atom. The van der Waals surface area contributed by atoms with E-state index in [2.05, 4.69) is 36.5 Å². The number of nitrogens with one attached hydrogen (secondary N) is 1. The zero-order valence-corrected chi connectivity index (χ0v) is 17.0. The first-order valence-electron chi connectivity index (χ1n) is 8.97. The van der Waals surface area contributed by atoms with Gasteiger partial charge < -0.3 is 9.47 Å². The van der Waals surface area contributed by atoms with Crippen LogP contribution in [0.4, 0.5) is 5.69 Å². The summed E-state index contributed by atoms with van der Waals surface area (Å²) in [5.41, 5.74) is 8.42. The molecule has 0 unspecified atom stereocenters. The molecule has 4 nitrogen and oxygen atoms in total. The van der Waals surface area contributed by atoms with Gasteiger partial charge in [-0.25, -0.2) is 0 Å². The molecule has 144 valence electrons. The Kier molecular flexibility index (Phi) is 6.56. The number of hydrazone groups is 1. The average Bonchev–Trinajstić information content (AvgIpc) is 2.70. The summed E-state index contributed by atoms with van der Waals surface area (Å²) in [7, 11) is 1.62. The Morgan fingerprint density at radius 1 is 0.929 bits per heavy atom. The van der Waals surface area contributed by atoms with Crippen LogP contribution in [-0.4, -0.2) is 13.3 Å². The van der Waals surface area contributed by atoms with Gasteiger partial charge in [0, 0.05) is 5.02 Å². The zero-order valence-electron chi connectivity index (χ0n) is 16.2. The van der Waals surface area contributed by atoms with E-state index in [1.807, 2.05) is 48.5 Å². The number of nitrogens with zero attached hydrogens (tertiary/aromatic N) is 1. The SMILES string of the molecule is COc1ccc(C=NNc2ccc(C)c(C)c2)cc1OCc1ccc(Cl)cc1. The molecule has 3 aromatic rings. The van der Waals surface area contributed by atoms with Gasteiger partial charge in [-0.2, -0.15) is 5.10 Å². The van der Waals surface area contributed by atoms with Crippen LogP contribution in [0.2, 0.25) is 5.02 Å². The lowest BCUT2D eigenvalue weighted by Gasteiger charge is -2.11. The lowest BCUT2D eigenvalue weighted by atomic mass is 10.1.